The minimum Gasteiger partial charge on any atom is -0.436 e. The summed E-state index contributed by atoms with van der Waals surface area (Å²) < 4.78 is 5.49. The zero-order chi connectivity index (χ0) is 9.97. The molecule has 1 aromatic heterocycles. The number of hydrogen-bond acceptors (Lipinski definition) is 4. The molecular weight excluding hydrogens is 182 g/mol. The van der Waals surface area contributed by atoms with Gasteiger partial charge in [0.15, 0.2) is 0 Å². The Morgan fingerprint density at radius 1 is 1.14 bits per heavy atom. The van der Waals surface area contributed by atoms with Crippen molar-refractivity contribution in [3.8, 4) is 0 Å². The van der Waals surface area contributed by atoms with Gasteiger partial charge < -0.3 is 4.42 Å². The van der Waals surface area contributed by atoms with E-state index in [4.69, 9.17) is 14.1 Å². The van der Waals surface area contributed by atoms with Crippen molar-refractivity contribution in [2.24, 2.45) is 0 Å². The van der Waals surface area contributed by atoms with Crippen LogP contribution in [0.2, 0.25) is 0 Å². The van der Waals surface area contributed by atoms with Crippen molar-refractivity contribution in [3.63, 3.8) is 0 Å². The van der Waals surface area contributed by atoms with Gasteiger partial charge in [-0.05, 0) is 6.07 Å². The molecule has 0 bridgehead atoms. The van der Waals surface area contributed by atoms with Gasteiger partial charge >= 0.3 is 0 Å². The summed E-state index contributed by atoms with van der Waals surface area (Å²) in [5, 5.41) is 2.22. The van der Waals surface area contributed by atoms with Gasteiger partial charge in [-0.1, -0.05) is 23.4 Å². The van der Waals surface area contributed by atoms with Crippen LogP contribution in [-0.2, 0) is 9.68 Å². The smallest absolute Gasteiger partial charge is 0.248 e. The second kappa shape index (κ2) is 3.69. The number of fused-ring (bicyclic) bond motifs is 1. The van der Waals surface area contributed by atoms with Gasteiger partial charge in [-0.15, -0.1) is 0 Å². The van der Waals surface area contributed by atoms with Crippen molar-refractivity contribution in [1.82, 2.24) is 0 Å². The van der Waals surface area contributed by atoms with Crippen LogP contribution in [0.3, 0.4) is 0 Å². The highest BCUT2D eigenvalue weighted by Crippen LogP contribution is 2.25. The van der Waals surface area contributed by atoms with Crippen LogP contribution in [0.1, 0.15) is 0 Å². The Bertz CT molecular complexity index is 387. The number of rotatable bonds is 3. The maximum Gasteiger partial charge on any atom is 0.248 e. The third kappa shape index (κ3) is 1.45. The summed E-state index contributed by atoms with van der Waals surface area (Å²) in [6.45, 7) is 0. The lowest BCUT2D eigenvalue weighted by Crippen LogP contribution is -2.18. The second-order valence-electron chi connectivity index (χ2n) is 2.74. The molecular formula is C10H11NO3. The number of hydrogen-bond donors (Lipinski definition) is 0. The molecule has 0 saturated carbocycles. The molecule has 2 rings (SSSR count). The minimum absolute atomic E-state index is 0.524. The van der Waals surface area contributed by atoms with E-state index in [0.29, 0.717) is 5.88 Å². The molecule has 4 heteroatoms. The van der Waals surface area contributed by atoms with Crippen LogP contribution in [0.15, 0.2) is 34.7 Å². The first kappa shape index (κ1) is 9.05. The van der Waals surface area contributed by atoms with Gasteiger partial charge in [-0.25, -0.2) is 9.68 Å². The zero-order valence-corrected chi connectivity index (χ0v) is 8.06. The van der Waals surface area contributed by atoms with Crippen molar-refractivity contribution < 1.29 is 14.1 Å². The largest absolute Gasteiger partial charge is 0.436 e. The van der Waals surface area contributed by atoms with E-state index in [2.05, 4.69) is 0 Å². The van der Waals surface area contributed by atoms with Crippen LogP contribution in [0.4, 0.5) is 5.88 Å². The topological polar surface area (TPSA) is 34.8 Å². The van der Waals surface area contributed by atoms with Crippen molar-refractivity contribution in [3.05, 3.63) is 30.3 Å². The molecule has 14 heavy (non-hydrogen) atoms. The number of para-hydroxylation sites is 1. The van der Waals surface area contributed by atoms with Gasteiger partial charge in [-0.3, -0.25) is 0 Å². The van der Waals surface area contributed by atoms with Crippen LogP contribution in [0, 0.1) is 0 Å². The average Bonchev–Trinajstić information content (AvgIpc) is 2.63. The molecule has 0 saturated heterocycles. The second-order valence-corrected chi connectivity index (χ2v) is 2.74. The van der Waals surface area contributed by atoms with Crippen LogP contribution in [0.25, 0.3) is 11.0 Å². The third-order valence-electron chi connectivity index (χ3n) is 1.92. The number of nitrogens with zero attached hydrogens (tertiary/aromatic N) is 1. The molecule has 0 radical (unpaired) electrons. The number of benzene rings is 1. The molecule has 0 spiro atoms. The predicted molar refractivity (Wildman–Crippen MR) is 52.7 cm³/mol. The summed E-state index contributed by atoms with van der Waals surface area (Å²) >= 11 is 0. The SMILES string of the molecule is CON(OC)c1cc2ccccc2o1. The van der Waals surface area contributed by atoms with Crippen molar-refractivity contribution in [1.29, 1.82) is 0 Å². The van der Waals surface area contributed by atoms with Crippen LogP contribution in [0.5, 0.6) is 0 Å². The summed E-state index contributed by atoms with van der Waals surface area (Å²) in [7, 11) is 3.02. The summed E-state index contributed by atoms with van der Waals surface area (Å²) in [4.78, 5) is 9.86. The molecule has 0 amide bonds. The molecule has 0 aliphatic heterocycles. The van der Waals surface area contributed by atoms with Gasteiger partial charge in [0, 0.05) is 11.5 Å². The summed E-state index contributed by atoms with van der Waals surface area (Å²) in [6, 6.07) is 9.57. The summed E-state index contributed by atoms with van der Waals surface area (Å²) in [5.74, 6) is 0.524. The van der Waals surface area contributed by atoms with E-state index < -0.39 is 0 Å². The Labute approximate surface area is 81.5 Å². The lowest BCUT2D eigenvalue weighted by Gasteiger charge is -2.13. The third-order valence-corrected chi connectivity index (χ3v) is 1.92. The Balaban J connectivity index is 2.43. The minimum atomic E-state index is 0.524. The van der Waals surface area contributed by atoms with Crippen molar-refractivity contribution >= 4 is 16.9 Å². The fourth-order valence-corrected chi connectivity index (χ4v) is 1.31. The molecule has 0 fully saturated rings. The summed E-state index contributed by atoms with van der Waals surface area (Å²) in [6.07, 6.45) is 0. The molecule has 0 unspecified atom stereocenters. The molecule has 1 heterocycles. The summed E-state index contributed by atoms with van der Waals surface area (Å²) in [5.41, 5.74) is 0.807. The van der Waals surface area contributed by atoms with E-state index >= 15 is 0 Å². The Morgan fingerprint density at radius 3 is 2.50 bits per heavy atom. The van der Waals surface area contributed by atoms with Crippen LogP contribution >= 0.6 is 0 Å². The highest BCUT2D eigenvalue weighted by atomic mass is 16.9. The molecule has 1 aromatic carbocycles. The van der Waals surface area contributed by atoms with E-state index in [0.717, 1.165) is 11.0 Å². The van der Waals surface area contributed by atoms with Gasteiger partial charge in [0.1, 0.15) is 5.58 Å². The molecule has 74 valence electrons. The van der Waals surface area contributed by atoms with Crippen molar-refractivity contribution in [2.75, 3.05) is 19.4 Å². The number of anilines is 1. The van der Waals surface area contributed by atoms with E-state index in [1.807, 2.05) is 30.3 Å². The highest BCUT2D eigenvalue weighted by molar-refractivity contribution is 5.80. The standard InChI is InChI=1S/C10H11NO3/c1-12-11(13-2)10-7-8-5-3-4-6-9(8)14-10/h3-7H,1-2H3. The first-order valence-electron chi connectivity index (χ1n) is 4.22. The first-order chi connectivity index (χ1) is 6.85. The molecule has 0 atom stereocenters. The molecule has 4 nitrogen and oxygen atoms in total. The number of furan rings is 1. The molecule has 2 aromatic rings. The maximum absolute atomic E-state index is 5.49. The van der Waals surface area contributed by atoms with Gasteiger partial charge in [0.25, 0.3) is 0 Å². The van der Waals surface area contributed by atoms with E-state index in [9.17, 15) is 0 Å². The van der Waals surface area contributed by atoms with E-state index in [1.165, 1.54) is 19.4 Å². The molecule has 0 aliphatic carbocycles. The normalized spacial score (nSPS) is 10.7. The quantitative estimate of drug-likeness (QED) is 0.701. The van der Waals surface area contributed by atoms with Crippen molar-refractivity contribution in [2.45, 2.75) is 0 Å². The Hall–Kier alpha value is -1.52. The Morgan fingerprint density at radius 2 is 1.86 bits per heavy atom. The molecule has 0 N–H and O–H groups in total. The van der Waals surface area contributed by atoms with E-state index in [-0.39, 0.29) is 0 Å². The lowest BCUT2D eigenvalue weighted by molar-refractivity contribution is -0.0513. The average molecular weight is 193 g/mol. The van der Waals surface area contributed by atoms with E-state index in [1.54, 1.807) is 0 Å². The zero-order valence-electron chi connectivity index (χ0n) is 8.06. The van der Waals surface area contributed by atoms with Gasteiger partial charge in [-0.2, -0.15) is 0 Å². The van der Waals surface area contributed by atoms with Crippen LogP contribution in [-0.4, -0.2) is 14.2 Å². The van der Waals surface area contributed by atoms with Gasteiger partial charge in [0.2, 0.25) is 5.88 Å². The highest BCUT2D eigenvalue weighted by Gasteiger charge is 2.10. The molecule has 0 aliphatic rings. The monoisotopic (exact) mass is 193 g/mol. The maximum atomic E-state index is 5.49. The Kier molecular flexibility index (Phi) is 2.39. The predicted octanol–water partition coefficient (Wildman–Crippen LogP) is 2.36. The first-order valence-corrected chi connectivity index (χ1v) is 4.22. The van der Waals surface area contributed by atoms with Crippen LogP contribution < -0.4 is 5.23 Å². The lowest BCUT2D eigenvalue weighted by atomic mass is 10.3. The fourth-order valence-electron chi connectivity index (χ4n) is 1.31. The fraction of sp³-hybridized carbons (Fsp3) is 0.200. The van der Waals surface area contributed by atoms with Gasteiger partial charge in [0.05, 0.1) is 14.2 Å².